The van der Waals surface area contributed by atoms with E-state index in [0.717, 1.165) is 27.7 Å². The molecule has 0 amide bonds. The quantitative estimate of drug-likeness (QED) is 0.791. The molecule has 1 unspecified atom stereocenters. The van der Waals surface area contributed by atoms with Gasteiger partial charge in [0.05, 0.1) is 5.69 Å². The Morgan fingerprint density at radius 3 is 2.50 bits per heavy atom. The number of nitrogens with zero attached hydrogens (tertiary/aromatic N) is 2. The van der Waals surface area contributed by atoms with Gasteiger partial charge in [-0.25, -0.2) is 5.01 Å². The highest BCUT2D eigenvalue weighted by atomic mass is 16.6. The summed E-state index contributed by atoms with van der Waals surface area (Å²) in [6.07, 6.45) is -0.395. The van der Waals surface area contributed by atoms with Gasteiger partial charge < -0.3 is 4.74 Å². The van der Waals surface area contributed by atoms with Gasteiger partial charge in [0.25, 0.3) is 0 Å². The first-order valence-corrected chi connectivity index (χ1v) is 7.36. The van der Waals surface area contributed by atoms with Crippen LogP contribution in [0.1, 0.15) is 20.8 Å². The molecule has 1 aliphatic rings. The number of benzene rings is 2. The van der Waals surface area contributed by atoms with Crippen molar-refractivity contribution in [3.8, 4) is 0 Å². The van der Waals surface area contributed by atoms with Gasteiger partial charge in [-0.2, -0.15) is 0 Å². The fourth-order valence-electron chi connectivity index (χ4n) is 2.93. The van der Waals surface area contributed by atoms with Crippen molar-refractivity contribution >= 4 is 22.4 Å². The van der Waals surface area contributed by atoms with Crippen LogP contribution in [0.25, 0.3) is 10.8 Å². The zero-order valence-corrected chi connectivity index (χ0v) is 13.3. The number of allylic oxidation sites excluding steroid dienone is 1. The minimum Gasteiger partial charge on any atom is -0.436 e. The van der Waals surface area contributed by atoms with Crippen molar-refractivity contribution in [3.05, 3.63) is 53.7 Å². The summed E-state index contributed by atoms with van der Waals surface area (Å²) in [6.45, 7) is 5.49. The van der Waals surface area contributed by atoms with Crippen LogP contribution in [0, 0.1) is 0 Å². The Balaban J connectivity index is 2.14. The highest BCUT2D eigenvalue weighted by Gasteiger charge is 2.35. The van der Waals surface area contributed by atoms with E-state index in [-0.39, 0.29) is 5.97 Å². The molecule has 0 bridgehead atoms. The van der Waals surface area contributed by atoms with Crippen molar-refractivity contribution in [3.63, 3.8) is 0 Å². The van der Waals surface area contributed by atoms with E-state index in [1.165, 1.54) is 6.92 Å². The van der Waals surface area contributed by atoms with E-state index in [1.807, 2.05) is 49.1 Å². The lowest BCUT2D eigenvalue weighted by atomic mass is 10.1. The summed E-state index contributed by atoms with van der Waals surface area (Å²) in [5.41, 5.74) is 3.17. The van der Waals surface area contributed by atoms with Crippen molar-refractivity contribution < 1.29 is 9.53 Å². The minimum absolute atomic E-state index is 0.280. The number of anilines is 1. The molecular weight excluding hydrogens is 276 g/mol. The number of fused-ring (bicyclic) bond motifs is 1. The van der Waals surface area contributed by atoms with Crippen LogP contribution in [0.2, 0.25) is 0 Å². The van der Waals surface area contributed by atoms with Crippen LogP contribution in [-0.2, 0) is 9.53 Å². The molecule has 22 heavy (non-hydrogen) atoms. The fourth-order valence-corrected chi connectivity index (χ4v) is 2.93. The van der Waals surface area contributed by atoms with Gasteiger partial charge in [-0.1, -0.05) is 36.4 Å². The molecule has 0 aliphatic carbocycles. The molecule has 1 aliphatic heterocycles. The fraction of sp³-hybridized carbons (Fsp3) is 0.278. The number of esters is 1. The number of hydrogen-bond donors (Lipinski definition) is 0. The van der Waals surface area contributed by atoms with Crippen molar-refractivity contribution in [1.82, 2.24) is 5.01 Å². The summed E-state index contributed by atoms with van der Waals surface area (Å²) in [5, 5.41) is 6.38. The Labute approximate surface area is 130 Å². The summed E-state index contributed by atoms with van der Waals surface area (Å²) in [4.78, 5) is 11.5. The zero-order chi connectivity index (χ0) is 15.9. The molecule has 1 atom stereocenters. The van der Waals surface area contributed by atoms with Gasteiger partial charge in [0.2, 0.25) is 6.23 Å². The van der Waals surface area contributed by atoms with E-state index in [4.69, 9.17) is 4.74 Å². The standard InChI is InChI=1S/C18H20N2O2/c1-12-13(2)19(4)20(18(12)22-14(3)21)17-11-7-9-15-8-5-6-10-16(15)17/h5-11,18H,1-4H3. The van der Waals surface area contributed by atoms with Crippen LogP contribution in [0.4, 0.5) is 5.69 Å². The van der Waals surface area contributed by atoms with Crippen molar-refractivity contribution in [2.75, 3.05) is 12.1 Å². The Bertz CT molecular complexity index is 761. The van der Waals surface area contributed by atoms with Gasteiger partial charge >= 0.3 is 5.97 Å². The summed E-state index contributed by atoms with van der Waals surface area (Å²) in [7, 11) is 1.99. The van der Waals surface area contributed by atoms with Gasteiger partial charge in [0.1, 0.15) is 0 Å². The van der Waals surface area contributed by atoms with Gasteiger partial charge in [-0.15, -0.1) is 0 Å². The SMILES string of the molecule is CC(=O)OC1C(C)=C(C)N(C)N1c1cccc2ccccc12. The maximum atomic E-state index is 11.5. The number of ether oxygens (including phenoxy) is 1. The molecule has 2 aromatic rings. The molecule has 4 heteroatoms. The van der Waals surface area contributed by atoms with Crippen LogP contribution in [0.5, 0.6) is 0 Å². The van der Waals surface area contributed by atoms with Crippen LogP contribution in [-0.4, -0.2) is 24.3 Å². The normalized spacial score (nSPS) is 18.3. The molecule has 0 N–H and O–H groups in total. The number of hydrogen-bond acceptors (Lipinski definition) is 4. The van der Waals surface area contributed by atoms with E-state index in [0.29, 0.717) is 0 Å². The molecule has 2 aromatic carbocycles. The predicted molar refractivity (Wildman–Crippen MR) is 88.1 cm³/mol. The maximum absolute atomic E-state index is 11.5. The Hall–Kier alpha value is -2.49. The summed E-state index contributed by atoms with van der Waals surface area (Å²) >= 11 is 0. The molecule has 0 spiro atoms. The largest absolute Gasteiger partial charge is 0.436 e. The maximum Gasteiger partial charge on any atom is 0.304 e. The topological polar surface area (TPSA) is 32.8 Å². The highest BCUT2D eigenvalue weighted by molar-refractivity contribution is 5.94. The van der Waals surface area contributed by atoms with E-state index in [1.54, 1.807) is 0 Å². The van der Waals surface area contributed by atoms with Gasteiger partial charge in [0.15, 0.2) is 0 Å². The van der Waals surface area contributed by atoms with Gasteiger partial charge in [-0.05, 0) is 25.3 Å². The minimum atomic E-state index is -0.395. The first kappa shape index (κ1) is 14.4. The van der Waals surface area contributed by atoms with Crippen LogP contribution < -0.4 is 5.01 Å². The molecule has 1 heterocycles. The highest BCUT2D eigenvalue weighted by Crippen LogP contribution is 2.37. The smallest absolute Gasteiger partial charge is 0.304 e. The van der Waals surface area contributed by atoms with Crippen molar-refractivity contribution in [1.29, 1.82) is 0 Å². The molecule has 0 aromatic heterocycles. The molecular formula is C18H20N2O2. The number of carbonyl (C=O) groups is 1. The summed E-state index contributed by atoms with van der Waals surface area (Å²) in [6, 6.07) is 14.4. The number of rotatable bonds is 2. The monoisotopic (exact) mass is 296 g/mol. The third-order valence-corrected chi connectivity index (χ3v) is 4.26. The predicted octanol–water partition coefficient (Wildman–Crippen LogP) is 3.69. The molecule has 0 fully saturated rings. The van der Waals surface area contributed by atoms with E-state index in [9.17, 15) is 4.79 Å². The lowest BCUT2D eigenvalue weighted by Crippen LogP contribution is -2.42. The summed E-state index contributed by atoms with van der Waals surface area (Å²) < 4.78 is 5.57. The van der Waals surface area contributed by atoms with E-state index in [2.05, 4.69) is 24.3 Å². The van der Waals surface area contributed by atoms with Crippen molar-refractivity contribution in [2.45, 2.75) is 27.0 Å². The second-order valence-electron chi connectivity index (χ2n) is 5.60. The molecule has 3 rings (SSSR count). The second-order valence-corrected chi connectivity index (χ2v) is 5.60. The average Bonchev–Trinajstić information content (AvgIpc) is 2.71. The molecule has 114 valence electrons. The Morgan fingerprint density at radius 1 is 1.09 bits per heavy atom. The second kappa shape index (κ2) is 5.37. The average molecular weight is 296 g/mol. The first-order chi connectivity index (χ1) is 10.5. The van der Waals surface area contributed by atoms with Crippen LogP contribution >= 0.6 is 0 Å². The summed E-state index contributed by atoms with van der Waals surface area (Å²) in [5.74, 6) is -0.280. The number of carbonyl (C=O) groups excluding carboxylic acids is 1. The van der Waals surface area contributed by atoms with Crippen LogP contribution in [0.15, 0.2) is 53.7 Å². The lowest BCUT2D eigenvalue weighted by molar-refractivity contribution is -0.145. The van der Waals surface area contributed by atoms with E-state index >= 15 is 0 Å². The van der Waals surface area contributed by atoms with Crippen LogP contribution in [0.3, 0.4) is 0 Å². The van der Waals surface area contributed by atoms with Gasteiger partial charge in [0, 0.05) is 30.6 Å². The molecule has 4 nitrogen and oxygen atoms in total. The van der Waals surface area contributed by atoms with Gasteiger partial charge in [-0.3, -0.25) is 9.80 Å². The lowest BCUT2D eigenvalue weighted by Gasteiger charge is -2.34. The zero-order valence-electron chi connectivity index (χ0n) is 13.3. The number of hydrazine groups is 1. The molecule has 0 saturated heterocycles. The molecule has 0 radical (unpaired) electrons. The third kappa shape index (κ3) is 2.21. The first-order valence-electron chi connectivity index (χ1n) is 7.36. The third-order valence-electron chi connectivity index (χ3n) is 4.26. The van der Waals surface area contributed by atoms with Crippen molar-refractivity contribution in [2.24, 2.45) is 0 Å². The Kier molecular flexibility index (Phi) is 3.53. The Morgan fingerprint density at radius 2 is 1.77 bits per heavy atom. The van der Waals surface area contributed by atoms with E-state index < -0.39 is 6.23 Å². The molecule has 0 saturated carbocycles.